The number of rotatable bonds is 1. The van der Waals surface area contributed by atoms with Gasteiger partial charge in [0.25, 0.3) is 5.79 Å². The van der Waals surface area contributed by atoms with E-state index in [2.05, 4.69) is 0 Å². The van der Waals surface area contributed by atoms with Crippen LogP contribution < -0.4 is 5.11 Å². The van der Waals surface area contributed by atoms with Gasteiger partial charge in [-0.05, 0) is 17.9 Å². The smallest absolute Gasteiger partial charge is 0.348 e. The molecule has 0 atom stereocenters. The Morgan fingerprint density at radius 2 is 1.52 bits per heavy atom. The molecule has 1 fully saturated rings. The van der Waals surface area contributed by atoms with Gasteiger partial charge in [-0.1, -0.05) is 13.8 Å². The highest BCUT2D eigenvalue weighted by molar-refractivity contribution is 6.17. The molecule has 0 saturated carbocycles. The van der Waals surface area contributed by atoms with Crippen molar-refractivity contribution in [1.82, 2.24) is 0 Å². The molecule has 6 heteroatoms. The number of carbonyl (C=O) groups is 3. The summed E-state index contributed by atoms with van der Waals surface area (Å²) in [4.78, 5) is 35.6. The summed E-state index contributed by atoms with van der Waals surface area (Å²) in [5.74, 6) is -3.90. The van der Waals surface area contributed by atoms with Crippen LogP contribution in [0.3, 0.4) is 0 Å². The number of esters is 2. The summed E-state index contributed by atoms with van der Waals surface area (Å²) < 4.78 is 9.85. The monoisotopic (exact) mass is 293 g/mol. The van der Waals surface area contributed by atoms with Crippen molar-refractivity contribution in [3.05, 3.63) is 23.0 Å². The van der Waals surface area contributed by atoms with Crippen LogP contribution in [0.4, 0.5) is 0 Å². The molecule has 1 saturated heterocycles. The van der Waals surface area contributed by atoms with E-state index in [1.54, 1.807) is 0 Å². The minimum Gasteiger partial charge on any atom is -0.875 e. The van der Waals surface area contributed by atoms with E-state index in [1.165, 1.54) is 13.8 Å². The molecule has 114 valence electrons. The molecule has 1 aliphatic carbocycles. The first-order valence-corrected chi connectivity index (χ1v) is 6.62. The maximum atomic E-state index is 12.0. The Morgan fingerprint density at radius 1 is 1.00 bits per heavy atom. The van der Waals surface area contributed by atoms with Crippen molar-refractivity contribution in [2.45, 2.75) is 46.3 Å². The van der Waals surface area contributed by atoms with Crippen LogP contribution >= 0.6 is 0 Å². The fourth-order valence-electron chi connectivity index (χ4n) is 2.36. The van der Waals surface area contributed by atoms with E-state index in [-0.39, 0.29) is 30.0 Å². The third-order valence-corrected chi connectivity index (χ3v) is 3.28. The zero-order valence-corrected chi connectivity index (χ0v) is 12.4. The molecule has 0 unspecified atom stereocenters. The zero-order valence-electron chi connectivity index (χ0n) is 12.4. The molecule has 0 aromatic rings. The van der Waals surface area contributed by atoms with Gasteiger partial charge in [0.2, 0.25) is 0 Å². The van der Waals surface area contributed by atoms with E-state index in [0.717, 1.165) is 6.08 Å². The second-order valence-corrected chi connectivity index (χ2v) is 6.51. The highest BCUT2D eigenvalue weighted by Gasteiger charge is 2.39. The van der Waals surface area contributed by atoms with Crippen molar-refractivity contribution < 1.29 is 29.0 Å². The summed E-state index contributed by atoms with van der Waals surface area (Å²) >= 11 is 0. The molecular formula is C15H17O6-. The van der Waals surface area contributed by atoms with Crippen LogP contribution in [-0.2, 0) is 23.9 Å². The maximum absolute atomic E-state index is 12.0. The van der Waals surface area contributed by atoms with Crippen molar-refractivity contribution in [2.24, 2.45) is 5.41 Å². The largest absolute Gasteiger partial charge is 0.875 e. The van der Waals surface area contributed by atoms with Gasteiger partial charge in [-0.2, -0.15) is 0 Å². The molecule has 2 aliphatic rings. The molecule has 0 aromatic carbocycles. The molecule has 21 heavy (non-hydrogen) atoms. The average Bonchev–Trinajstić information content (AvgIpc) is 2.22. The lowest BCUT2D eigenvalue weighted by molar-refractivity contribution is -0.312. The van der Waals surface area contributed by atoms with Gasteiger partial charge in [-0.15, -0.1) is 5.76 Å². The number of ketones is 1. The molecule has 0 spiro atoms. The SMILES string of the molecule is CC1(C)CC(=O)C(C=C2C(=O)OC(C)(C)OC2=O)=C([O-])C1. The summed E-state index contributed by atoms with van der Waals surface area (Å²) in [7, 11) is 0. The quantitative estimate of drug-likeness (QED) is 0.402. The van der Waals surface area contributed by atoms with E-state index >= 15 is 0 Å². The van der Waals surface area contributed by atoms with Crippen LogP contribution in [0.5, 0.6) is 0 Å². The molecule has 0 N–H and O–H groups in total. The minimum absolute atomic E-state index is 0.141. The van der Waals surface area contributed by atoms with Gasteiger partial charge in [-0.25, -0.2) is 9.59 Å². The number of allylic oxidation sites excluding steroid dienone is 3. The van der Waals surface area contributed by atoms with Crippen molar-refractivity contribution in [3.8, 4) is 0 Å². The third kappa shape index (κ3) is 3.15. The molecular weight excluding hydrogens is 276 g/mol. The first-order chi connectivity index (χ1) is 9.51. The fourth-order valence-corrected chi connectivity index (χ4v) is 2.36. The van der Waals surface area contributed by atoms with Crippen LogP contribution in [0, 0.1) is 5.41 Å². The average molecular weight is 293 g/mol. The molecule has 0 aromatic heterocycles. The first-order valence-electron chi connectivity index (χ1n) is 6.62. The summed E-state index contributed by atoms with van der Waals surface area (Å²) in [5.41, 5.74) is -0.977. The summed E-state index contributed by atoms with van der Waals surface area (Å²) in [6.07, 6.45) is 1.38. The Hall–Kier alpha value is -2.11. The van der Waals surface area contributed by atoms with E-state index in [4.69, 9.17) is 9.47 Å². The molecule has 1 heterocycles. The number of hydrogen-bond donors (Lipinski definition) is 0. The highest BCUT2D eigenvalue weighted by Crippen LogP contribution is 2.35. The van der Waals surface area contributed by atoms with Crippen molar-refractivity contribution >= 4 is 17.7 Å². The zero-order chi connectivity index (χ0) is 16.0. The van der Waals surface area contributed by atoms with Crippen LogP contribution in [0.15, 0.2) is 23.0 Å². The van der Waals surface area contributed by atoms with Gasteiger partial charge in [0.05, 0.1) is 0 Å². The third-order valence-electron chi connectivity index (χ3n) is 3.28. The van der Waals surface area contributed by atoms with Crippen LogP contribution in [0.25, 0.3) is 0 Å². The second kappa shape index (κ2) is 4.72. The van der Waals surface area contributed by atoms with E-state index in [9.17, 15) is 19.5 Å². The van der Waals surface area contributed by atoms with E-state index < -0.39 is 28.7 Å². The van der Waals surface area contributed by atoms with Gasteiger partial charge < -0.3 is 14.6 Å². The van der Waals surface area contributed by atoms with Crippen molar-refractivity contribution in [2.75, 3.05) is 0 Å². The maximum Gasteiger partial charge on any atom is 0.348 e. The number of cyclic esters (lactones) is 2. The first kappa shape index (κ1) is 15.3. The topological polar surface area (TPSA) is 92.7 Å². The lowest BCUT2D eigenvalue weighted by Gasteiger charge is -2.35. The Bertz CT molecular complexity index is 569. The summed E-state index contributed by atoms with van der Waals surface area (Å²) in [6.45, 7) is 6.48. The fraction of sp³-hybridized carbons (Fsp3) is 0.533. The second-order valence-electron chi connectivity index (χ2n) is 6.51. The predicted octanol–water partition coefficient (Wildman–Crippen LogP) is 0.752. The van der Waals surface area contributed by atoms with Crippen LogP contribution in [-0.4, -0.2) is 23.5 Å². The van der Waals surface area contributed by atoms with Gasteiger partial charge in [0.15, 0.2) is 5.78 Å². The Labute approximate surface area is 122 Å². The molecule has 0 amide bonds. The van der Waals surface area contributed by atoms with Gasteiger partial charge in [0.1, 0.15) is 5.57 Å². The summed E-state index contributed by atoms with van der Waals surface area (Å²) in [5, 5.41) is 12.0. The molecule has 2 rings (SSSR count). The normalized spacial score (nSPS) is 24.6. The van der Waals surface area contributed by atoms with Gasteiger partial charge >= 0.3 is 11.9 Å². The number of Topliss-reactive ketones (excluding diaryl/α,β-unsaturated/α-hetero) is 1. The number of ether oxygens (including phenoxy) is 2. The lowest BCUT2D eigenvalue weighted by atomic mass is 9.76. The van der Waals surface area contributed by atoms with Crippen molar-refractivity contribution in [3.63, 3.8) is 0 Å². The molecule has 0 radical (unpaired) electrons. The Balaban J connectivity index is 2.38. The van der Waals surface area contributed by atoms with E-state index in [1.807, 2.05) is 13.8 Å². The standard InChI is InChI=1S/C15H18O6/c1-14(2)6-10(16)8(11(17)7-14)5-9-12(18)20-15(3,4)21-13(9)19/h5,16H,6-7H2,1-4H3/p-1. The molecule has 1 aliphatic heterocycles. The lowest BCUT2D eigenvalue weighted by Crippen LogP contribution is -2.42. The minimum atomic E-state index is -1.35. The summed E-state index contributed by atoms with van der Waals surface area (Å²) in [6, 6.07) is 0. The molecule has 6 nitrogen and oxygen atoms in total. The predicted molar refractivity (Wildman–Crippen MR) is 69.4 cm³/mol. The molecule has 0 bridgehead atoms. The number of hydrogen-bond acceptors (Lipinski definition) is 6. The van der Waals surface area contributed by atoms with E-state index in [0.29, 0.717) is 0 Å². The van der Waals surface area contributed by atoms with Gasteiger partial charge in [0, 0.05) is 25.8 Å². The van der Waals surface area contributed by atoms with Gasteiger partial charge in [-0.3, -0.25) is 4.79 Å². The Kier molecular flexibility index (Phi) is 3.43. The highest BCUT2D eigenvalue weighted by atomic mass is 16.7. The van der Waals surface area contributed by atoms with Crippen LogP contribution in [0.2, 0.25) is 0 Å². The Morgan fingerprint density at radius 3 is 2.00 bits per heavy atom. The van der Waals surface area contributed by atoms with Crippen LogP contribution in [0.1, 0.15) is 40.5 Å². The number of carbonyl (C=O) groups excluding carboxylic acids is 3. The van der Waals surface area contributed by atoms with Crippen molar-refractivity contribution in [1.29, 1.82) is 0 Å².